The highest BCUT2D eigenvalue weighted by Crippen LogP contribution is 2.21. The molecule has 1 aromatic heterocycles. The first kappa shape index (κ1) is 12.4. The van der Waals surface area contributed by atoms with E-state index in [1.807, 2.05) is 25.1 Å². The maximum atomic E-state index is 4.24. The highest BCUT2D eigenvalue weighted by Gasteiger charge is 2.03. The minimum absolute atomic E-state index is 0.808. The largest absolute Gasteiger partial charge is 0.363 e. The molecule has 0 atom stereocenters. The molecule has 1 N–H and O–H groups in total. The van der Waals surface area contributed by atoms with E-state index in [1.54, 1.807) is 6.33 Å². The Labute approximate surface area is 108 Å². The topological polar surface area (TPSA) is 41.0 Å². The molecule has 0 aliphatic heterocycles. The number of hydrogen-bond donors (Lipinski definition) is 1. The molecule has 4 heteroatoms. The van der Waals surface area contributed by atoms with E-state index < -0.39 is 0 Å². The summed E-state index contributed by atoms with van der Waals surface area (Å²) < 4.78 is 0. The number of aryl methyl sites for hydroxylation is 2. The molecule has 18 heavy (non-hydrogen) atoms. The van der Waals surface area contributed by atoms with Gasteiger partial charge >= 0.3 is 0 Å². The van der Waals surface area contributed by atoms with Crippen LogP contribution in [0.5, 0.6) is 0 Å². The molecule has 2 rings (SSSR count). The normalized spacial score (nSPS) is 10.2. The van der Waals surface area contributed by atoms with Gasteiger partial charge in [0.25, 0.3) is 0 Å². The number of nitrogens with one attached hydrogen (secondary N) is 1. The maximum absolute atomic E-state index is 4.24. The van der Waals surface area contributed by atoms with Crippen LogP contribution < -0.4 is 10.2 Å². The number of benzene rings is 1. The van der Waals surface area contributed by atoms with Crippen LogP contribution in [0.4, 0.5) is 17.3 Å². The predicted molar refractivity (Wildman–Crippen MR) is 75.6 cm³/mol. The second-order valence-electron chi connectivity index (χ2n) is 4.60. The van der Waals surface area contributed by atoms with Crippen molar-refractivity contribution >= 4 is 17.3 Å². The van der Waals surface area contributed by atoms with Crippen LogP contribution in [0.2, 0.25) is 0 Å². The van der Waals surface area contributed by atoms with Crippen molar-refractivity contribution in [2.24, 2.45) is 0 Å². The smallest absolute Gasteiger partial charge is 0.135 e. The van der Waals surface area contributed by atoms with Crippen molar-refractivity contribution in [3.05, 3.63) is 41.7 Å². The van der Waals surface area contributed by atoms with Crippen LogP contribution in [0.15, 0.2) is 30.6 Å². The highest BCUT2D eigenvalue weighted by molar-refractivity contribution is 5.63. The van der Waals surface area contributed by atoms with Gasteiger partial charge in [0.1, 0.15) is 18.0 Å². The summed E-state index contributed by atoms with van der Waals surface area (Å²) in [5.74, 6) is 1.69. The molecule has 0 unspecified atom stereocenters. The molecule has 0 fully saturated rings. The van der Waals surface area contributed by atoms with Gasteiger partial charge in [-0.2, -0.15) is 0 Å². The Hall–Kier alpha value is -2.10. The molecular weight excluding hydrogens is 224 g/mol. The average Bonchev–Trinajstić information content (AvgIpc) is 2.34. The second kappa shape index (κ2) is 5.04. The Kier molecular flexibility index (Phi) is 3.46. The molecule has 0 amide bonds. The fourth-order valence-electron chi connectivity index (χ4n) is 1.67. The van der Waals surface area contributed by atoms with E-state index in [0.29, 0.717) is 0 Å². The Morgan fingerprint density at radius 3 is 2.56 bits per heavy atom. The molecule has 4 nitrogen and oxygen atoms in total. The van der Waals surface area contributed by atoms with Gasteiger partial charge in [-0.1, -0.05) is 12.1 Å². The number of aromatic nitrogens is 2. The molecule has 0 saturated heterocycles. The van der Waals surface area contributed by atoms with Crippen LogP contribution in [0.25, 0.3) is 0 Å². The highest BCUT2D eigenvalue weighted by atomic mass is 15.2. The Morgan fingerprint density at radius 2 is 1.83 bits per heavy atom. The van der Waals surface area contributed by atoms with Crippen molar-refractivity contribution in [1.29, 1.82) is 0 Å². The Bertz CT molecular complexity index is 549. The maximum Gasteiger partial charge on any atom is 0.135 e. The van der Waals surface area contributed by atoms with Crippen LogP contribution in [0.3, 0.4) is 0 Å². The average molecular weight is 242 g/mol. The first-order valence-electron chi connectivity index (χ1n) is 5.90. The fraction of sp³-hybridized carbons (Fsp3) is 0.286. The summed E-state index contributed by atoms with van der Waals surface area (Å²) in [7, 11) is 3.92. The summed E-state index contributed by atoms with van der Waals surface area (Å²) in [5, 5.41) is 3.33. The SMILES string of the molecule is Cc1ccc(C)c(Nc2cc(N(C)C)ncn2)c1. The van der Waals surface area contributed by atoms with Crippen LogP contribution in [-0.4, -0.2) is 24.1 Å². The standard InChI is InChI=1S/C14H18N4/c1-10-5-6-11(2)12(7-10)17-13-8-14(18(3)4)16-9-15-13/h5-9H,1-4H3,(H,15,16,17). The molecule has 0 aliphatic rings. The van der Waals surface area contributed by atoms with Crippen molar-refractivity contribution in [3.8, 4) is 0 Å². The first-order valence-corrected chi connectivity index (χ1v) is 5.90. The number of rotatable bonds is 3. The van der Waals surface area contributed by atoms with Crippen molar-refractivity contribution in [2.75, 3.05) is 24.3 Å². The van der Waals surface area contributed by atoms with Crippen LogP contribution in [0.1, 0.15) is 11.1 Å². The summed E-state index contributed by atoms with van der Waals surface area (Å²) in [6.07, 6.45) is 1.57. The van der Waals surface area contributed by atoms with E-state index in [9.17, 15) is 0 Å². The molecule has 0 radical (unpaired) electrons. The second-order valence-corrected chi connectivity index (χ2v) is 4.60. The van der Waals surface area contributed by atoms with E-state index >= 15 is 0 Å². The minimum Gasteiger partial charge on any atom is -0.363 e. The van der Waals surface area contributed by atoms with Gasteiger partial charge in [0, 0.05) is 25.8 Å². The first-order chi connectivity index (χ1) is 8.56. The minimum atomic E-state index is 0.808. The molecular formula is C14H18N4. The molecule has 1 heterocycles. The fourth-order valence-corrected chi connectivity index (χ4v) is 1.67. The van der Waals surface area contributed by atoms with E-state index in [0.717, 1.165) is 17.3 Å². The van der Waals surface area contributed by atoms with Gasteiger partial charge in [0.05, 0.1) is 0 Å². The molecule has 0 aliphatic carbocycles. The lowest BCUT2D eigenvalue weighted by Gasteiger charge is -2.13. The van der Waals surface area contributed by atoms with Crippen molar-refractivity contribution in [3.63, 3.8) is 0 Å². The third-order valence-corrected chi connectivity index (χ3v) is 2.77. The van der Waals surface area contributed by atoms with E-state index in [-0.39, 0.29) is 0 Å². The Morgan fingerprint density at radius 1 is 1.06 bits per heavy atom. The van der Waals surface area contributed by atoms with E-state index in [2.05, 4.69) is 47.3 Å². The van der Waals surface area contributed by atoms with Crippen LogP contribution in [-0.2, 0) is 0 Å². The summed E-state index contributed by atoms with van der Waals surface area (Å²) >= 11 is 0. The summed E-state index contributed by atoms with van der Waals surface area (Å²) in [6.45, 7) is 4.16. The van der Waals surface area contributed by atoms with Gasteiger partial charge in [-0.05, 0) is 31.0 Å². The van der Waals surface area contributed by atoms with E-state index in [4.69, 9.17) is 0 Å². The lowest BCUT2D eigenvalue weighted by atomic mass is 10.1. The third-order valence-electron chi connectivity index (χ3n) is 2.77. The quantitative estimate of drug-likeness (QED) is 0.898. The third kappa shape index (κ3) is 2.77. The van der Waals surface area contributed by atoms with Crippen molar-refractivity contribution in [2.45, 2.75) is 13.8 Å². The lowest BCUT2D eigenvalue weighted by molar-refractivity contribution is 1.04. The van der Waals surface area contributed by atoms with Gasteiger partial charge in [-0.15, -0.1) is 0 Å². The monoisotopic (exact) mass is 242 g/mol. The van der Waals surface area contributed by atoms with Crippen LogP contribution in [0, 0.1) is 13.8 Å². The summed E-state index contributed by atoms with van der Waals surface area (Å²) in [6, 6.07) is 8.26. The van der Waals surface area contributed by atoms with Gasteiger partial charge in [0.2, 0.25) is 0 Å². The molecule has 1 aromatic carbocycles. The number of hydrogen-bond acceptors (Lipinski definition) is 4. The predicted octanol–water partition coefficient (Wildman–Crippen LogP) is 2.90. The Balaban J connectivity index is 2.28. The van der Waals surface area contributed by atoms with Gasteiger partial charge in [-0.3, -0.25) is 0 Å². The molecule has 0 saturated carbocycles. The van der Waals surface area contributed by atoms with E-state index in [1.165, 1.54) is 11.1 Å². The molecule has 2 aromatic rings. The van der Waals surface area contributed by atoms with Crippen molar-refractivity contribution in [1.82, 2.24) is 9.97 Å². The van der Waals surface area contributed by atoms with Gasteiger partial charge in [-0.25, -0.2) is 9.97 Å². The molecule has 0 spiro atoms. The van der Waals surface area contributed by atoms with Crippen LogP contribution >= 0.6 is 0 Å². The molecule has 0 bridgehead atoms. The lowest BCUT2D eigenvalue weighted by Crippen LogP contribution is -2.11. The summed E-state index contributed by atoms with van der Waals surface area (Å²) in [4.78, 5) is 10.4. The summed E-state index contributed by atoms with van der Waals surface area (Å²) in [5.41, 5.74) is 3.51. The number of anilines is 3. The van der Waals surface area contributed by atoms with Gasteiger partial charge < -0.3 is 10.2 Å². The van der Waals surface area contributed by atoms with Crippen molar-refractivity contribution < 1.29 is 0 Å². The zero-order chi connectivity index (χ0) is 13.1. The number of nitrogens with zero attached hydrogens (tertiary/aromatic N) is 3. The zero-order valence-corrected chi connectivity index (χ0v) is 11.2. The van der Waals surface area contributed by atoms with Gasteiger partial charge in [0.15, 0.2) is 0 Å². The molecule has 94 valence electrons. The zero-order valence-electron chi connectivity index (χ0n) is 11.2.